The Morgan fingerprint density at radius 3 is 2.02 bits per heavy atom. The second-order valence-electron chi connectivity index (χ2n) is 24.4. The van der Waals surface area contributed by atoms with Crippen LogP contribution in [0.3, 0.4) is 0 Å². The first-order chi connectivity index (χ1) is 28.3. The summed E-state index contributed by atoms with van der Waals surface area (Å²) in [7, 11) is 0. The van der Waals surface area contributed by atoms with Crippen LogP contribution in [0.25, 0.3) is 0 Å². The highest BCUT2D eigenvalue weighted by molar-refractivity contribution is 5.58. The molecule has 15 unspecified atom stereocenters. The molecule has 312 valence electrons. The number of likely N-dealkylation sites (tertiary alicyclic amines) is 1. The Labute approximate surface area is 349 Å². The maximum absolute atomic E-state index is 3.31. The molecular formula is C56H83N. The Balaban J connectivity index is 0.791. The van der Waals surface area contributed by atoms with Crippen molar-refractivity contribution in [1.82, 2.24) is 4.90 Å². The Morgan fingerprint density at radius 2 is 1.12 bits per heavy atom. The first kappa shape index (κ1) is 36.8. The van der Waals surface area contributed by atoms with Gasteiger partial charge in [-0.1, -0.05) is 74.7 Å². The number of rotatable bonds is 3. The second kappa shape index (κ2) is 14.6. The Hall–Kier alpha value is -0.820. The van der Waals surface area contributed by atoms with E-state index >= 15 is 0 Å². The van der Waals surface area contributed by atoms with Gasteiger partial charge in [0, 0.05) is 23.5 Å². The summed E-state index contributed by atoms with van der Waals surface area (Å²) in [4.78, 5) is 3.31. The molecule has 9 fully saturated rings. The van der Waals surface area contributed by atoms with Gasteiger partial charge in [-0.05, 0) is 248 Å². The van der Waals surface area contributed by atoms with E-state index in [0.717, 1.165) is 101 Å². The molecule has 0 aromatic heterocycles. The number of nitrogens with zero attached hydrogens (tertiary/aromatic N) is 1. The lowest BCUT2D eigenvalue weighted by Crippen LogP contribution is -2.59. The molecular weight excluding hydrogens is 687 g/mol. The predicted molar refractivity (Wildman–Crippen MR) is 235 cm³/mol. The van der Waals surface area contributed by atoms with Crippen LogP contribution < -0.4 is 0 Å². The van der Waals surface area contributed by atoms with Crippen LogP contribution in [-0.2, 0) is 0 Å². The fourth-order valence-corrected chi connectivity index (χ4v) is 21.6. The van der Waals surface area contributed by atoms with E-state index in [-0.39, 0.29) is 0 Å². The number of allylic oxidation sites excluding steroid dienone is 6. The van der Waals surface area contributed by atoms with E-state index in [1.54, 1.807) is 103 Å². The van der Waals surface area contributed by atoms with Gasteiger partial charge in [0.1, 0.15) is 0 Å². The molecule has 1 nitrogen and oxygen atoms in total. The smallest absolute Gasteiger partial charge is 0.0197 e. The predicted octanol–water partition coefficient (Wildman–Crippen LogP) is 14.8. The third-order valence-electron chi connectivity index (χ3n) is 23.0. The lowest BCUT2D eigenvalue weighted by atomic mass is 9.51. The van der Waals surface area contributed by atoms with Gasteiger partial charge in [-0.3, -0.25) is 4.90 Å². The molecule has 1 spiro atoms. The zero-order chi connectivity index (χ0) is 37.2. The highest BCUT2D eigenvalue weighted by Crippen LogP contribution is 2.78. The minimum absolute atomic E-state index is 0.499. The largest absolute Gasteiger partial charge is 0.294 e. The molecule has 0 bridgehead atoms. The van der Waals surface area contributed by atoms with Crippen molar-refractivity contribution in [3.05, 3.63) is 34.4 Å². The van der Waals surface area contributed by atoms with Crippen molar-refractivity contribution in [2.24, 2.45) is 88.3 Å². The highest BCUT2D eigenvalue weighted by Gasteiger charge is 2.71. The van der Waals surface area contributed by atoms with Gasteiger partial charge in [-0.2, -0.15) is 0 Å². The van der Waals surface area contributed by atoms with Gasteiger partial charge in [0.2, 0.25) is 0 Å². The summed E-state index contributed by atoms with van der Waals surface area (Å²) in [6.45, 7) is 0. The van der Waals surface area contributed by atoms with Crippen molar-refractivity contribution in [3.63, 3.8) is 0 Å². The van der Waals surface area contributed by atoms with Gasteiger partial charge in [0.05, 0.1) is 0 Å². The van der Waals surface area contributed by atoms with Crippen molar-refractivity contribution in [2.75, 3.05) is 0 Å². The summed E-state index contributed by atoms with van der Waals surface area (Å²) in [6.07, 6.45) is 55.0. The first-order valence-electron chi connectivity index (χ1n) is 27.2. The van der Waals surface area contributed by atoms with Crippen LogP contribution in [0.4, 0.5) is 0 Å². The number of fused-ring (bicyclic) bond motifs is 13. The van der Waals surface area contributed by atoms with E-state index < -0.39 is 0 Å². The van der Waals surface area contributed by atoms with Gasteiger partial charge in [-0.25, -0.2) is 0 Å². The monoisotopic (exact) mass is 770 g/mol. The van der Waals surface area contributed by atoms with Crippen LogP contribution in [-0.4, -0.2) is 23.0 Å². The van der Waals surface area contributed by atoms with Crippen molar-refractivity contribution in [3.8, 4) is 0 Å². The van der Waals surface area contributed by atoms with Crippen LogP contribution in [0.2, 0.25) is 0 Å². The molecule has 0 aromatic rings. The zero-order valence-corrected chi connectivity index (χ0v) is 36.5. The average Bonchev–Trinajstić information content (AvgIpc) is 3.89. The summed E-state index contributed by atoms with van der Waals surface area (Å²) >= 11 is 0. The summed E-state index contributed by atoms with van der Waals surface area (Å²) in [6, 6.07) is 2.83. The highest BCUT2D eigenvalue weighted by atomic mass is 15.2. The van der Waals surface area contributed by atoms with Crippen molar-refractivity contribution >= 4 is 0 Å². The number of hydrogen-bond acceptors (Lipinski definition) is 1. The molecule has 57 heavy (non-hydrogen) atoms. The molecule has 13 aliphatic rings. The minimum Gasteiger partial charge on any atom is -0.294 e. The Morgan fingerprint density at radius 1 is 0.439 bits per heavy atom. The topological polar surface area (TPSA) is 3.24 Å². The fourth-order valence-electron chi connectivity index (χ4n) is 21.6. The summed E-state index contributed by atoms with van der Waals surface area (Å²) < 4.78 is 0. The molecule has 1 heterocycles. The third-order valence-corrected chi connectivity index (χ3v) is 23.0. The fraction of sp³-hybridized carbons (Fsp3) is 0.893. The molecule has 0 N–H and O–H groups in total. The number of piperidine rings is 1. The van der Waals surface area contributed by atoms with Crippen molar-refractivity contribution < 1.29 is 0 Å². The summed E-state index contributed by atoms with van der Waals surface area (Å²) in [5.41, 5.74) is 8.92. The third kappa shape index (κ3) is 5.45. The maximum atomic E-state index is 3.31. The molecule has 12 aliphatic carbocycles. The number of hydrogen-bond donors (Lipinski definition) is 0. The van der Waals surface area contributed by atoms with E-state index in [0.29, 0.717) is 5.41 Å². The summed E-state index contributed by atoms with van der Waals surface area (Å²) in [5.74, 6) is 14.6. The lowest BCUT2D eigenvalue weighted by Gasteiger charge is -2.55. The second-order valence-corrected chi connectivity index (χ2v) is 24.4. The van der Waals surface area contributed by atoms with Gasteiger partial charge in [0.25, 0.3) is 0 Å². The molecule has 1 heteroatoms. The molecule has 1 aliphatic heterocycles. The zero-order valence-electron chi connectivity index (χ0n) is 36.5. The molecule has 0 radical (unpaired) electrons. The first-order valence-corrected chi connectivity index (χ1v) is 27.2. The van der Waals surface area contributed by atoms with Crippen LogP contribution in [0.15, 0.2) is 34.4 Å². The van der Waals surface area contributed by atoms with Crippen LogP contribution in [0.1, 0.15) is 205 Å². The van der Waals surface area contributed by atoms with Gasteiger partial charge >= 0.3 is 0 Å². The standard InChI is InChI=1S/C56H83N/c1-2-14-39(15-3-1)57-52-24-11-4-13-36(52)30-32-53(57)37-27-25-35(26-28-37)38-29-31-50-46(33-38)42-18-7-9-22-48(42)56(50)49-23-10-8-19-44(49)55-45-21-12-20-43-40-16-5-6-17-41(40)47(54(43)45)34-51(55)56/h8,19,35-41,43-45,47,49,51-55H,1-7,9-18,20-34H2. The Bertz CT molecular complexity index is 1610. The maximum Gasteiger partial charge on any atom is 0.0197 e. The molecule has 15 atom stereocenters. The summed E-state index contributed by atoms with van der Waals surface area (Å²) in [5, 5.41) is 0. The van der Waals surface area contributed by atoms with E-state index in [4.69, 9.17) is 0 Å². The van der Waals surface area contributed by atoms with Gasteiger partial charge in [-0.15, -0.1) is 0 Å². The normalized spacial score (nSPS) is 52.1. The van der Waals surface area contributed by atoms with E-state index in [1.165, 1.54) is 103 Å². The van der Waals surface area contributed by atoms with E-state index in [2.05, 4.69) is 33.8 Å². The molecule has 8 saturated carbocycles. The molecule has 13 rings (SSSR count). The van der Waals surface area contributed by atoms with Gasteiger partial charge in [0.15, 0.2) is 0 Å². The van der Waals surface area contributed by atoms with Crippen LogP contribution in [0.5, 0.6) is 0 Å². The average molecular weight is 770 g/mol. The van der Waals surface area contributed by atoms with Crippen LogP contribution >= 0.6 is 0 Å². The van der Waals surface area contributed by atoms with Crippen LogP contribution in [0, 0.1) is 88.3 Å². The lowest BCUT2D eigenvalue weighted by molar-refractivity contribution is -0.0581. The Kier molecular flexibility index (Phi) is 9.45. The molecule has 0 amide bonds. The minimum atomic E-state index is 0.499. The molecule has 0 aromatic carbocycles. The SMILES string of the molecule is C1=CC2C3C4CCCC5C6CCCCC6C(CC3C3(C6=C(CCCC6)C6=C3CCC(C3CCC(C7CCC8CCCCC8N7C7CCCCC7)CC3)C6)C2CC1)C54. The van der Waals surface area contributed by atoms with E-state index in [1.807, 2.05) is 5.57 Å². The van der Waals surface area contributed by atoms with Crippen molar-refractivity contribution in [1.29, 1.82) is 0 Å². The van der Waals surface area contributed by atoms with Crippen molar-refractivity contribution in [2.45, 2.75) is 224 Å². The molecule has 1 saturated heterocycles. The van der Waals surface area contributed by atoms with Gasteiger partial charge < -0.3 is 0 Å². The van der Waals surface area contributed by atoms with E-state index in [9.17, 15) is 0 Å². The quantitative estimate of drug-likeness (QED) is 0.258.